The van der Waals surface area contributed by atoms with Gasteiger partial charge in [-0.3, -0.25) is 4.79 Å². The highest BCUT2D eigenvalue weighted by Gasteiger charge is 2.10. The highest BCUT2D eigenvalue weighted by Crippen LogP contribution is 2.19. The number of carbonyl (C=O) groups excluding carboxylic acids is 1. The van der Waals surface area contributed by atoms with Gasteiger partial charge in [-0.25, -0.2) is 0 Å². The smallest absolute Gasteiger partial charge is 0.310 e. The zero-order valence-corrected chi connectivity index (χ0v) is 11.5. The Labute approximate surface area is 110 Å². The molecule has 0 saturated carbocycles. The molecule has 4 heteroatoms. The number of hydrogen-bond acceptors (Lipinski definition) is 3. The van der Waals surface area contributed by atoms with E-state index in [2.05, 4.69) is 22.0 Å². The number of aryl methyl sites for hydroxylation is 1. The molecule has 0 unspecified atom stereocenters. The van der Waals surface area contributed by atoms with E-state index in [0.717, 1.165) is 16.7 Å². The van der Waals surface area contributed by atoms with Crippen LogP contribution in [0.15, 0.2) is 12.1 Å². The number of hydrogen-bond donors (Lipinski definition) is 0. The van der Waals surface area contributed by atoms with Gasteiger partial charge >= 0.3 is 5.97 Å². The number of carbonyl (C=O) groups is 1. The fourth-order valence-electron chi connectivity index (χ4n) is 1.59. The number of alkyl halides is 1. The van der Waals surface area contributed by atoms with E-state index in [-0.39, 0.29) is 12.4 Å². The van der Waals surface area contributed by atoms with Crippen molar-refractivity contribution >= 4 is 21.9 Å². The third kappa shape index (κ3) is 3.57. The zero-order valence-electron chi connectivity index (χ0n) is 9.92. The van der Waals surface area contributed by atoms with Crippen molar-refractivity contribution in [3.63, 3.8) is 0 Å². The summed E-state index contributed by atoms with van der Waals surface area (Å²) in [6.45, 7) is 4.09. The molecule has 1 aromatic carbocycles. The summed E-state index contributed by atoms with van der Waals surface area (Å²) < 4.78 is 4.90. The summed E-state index contributed by atoms with van der Waals surface area (Å²) in [5.74, 6) is -0.258. The minimum Gasteiger partial charge on any atom is -0.466 e. The lowest BCUT2D eigenvalue weighted by atomic mass is 9.99. The van der Waals surface area contributed by atoms with Crippen molar-refractivity contribution in [2.75, 3.05) is 6.61 Å². The number of nitrogens with zero attached hydrogens (tertiary/aromatic N) is 1. The van der Waals surface area contributed by atoms with Crippen LogP contribution in [0.2, 0.25) is 0 Å². The maximum atomic E-state index is 11.4. The number of benzene rings is 1. The highest BCUT2D eigenvalue weighted by atomic mass is 79.9. The minimum atomic E-state index is -0.258. The lowest BCUT2D eigenvalue weighted by Crippen LogP contribution is -2.09. The van der Waals surface area contributed by atoms with Gasteiger partial charge in [-0.05, 0) is 36.6 Å². The highest BCUT2D eigenvalue weighted by molar-refractivity contribution is 9.08. The molecule has 0 aromatic heterocycles. The first-order valence-electron chi connectivity index (χ1n) is 5.36. The molecule has 0 aliphatic rings. The second-order valence-corrected chi connectivity index (χ2v) is 4.22. The van der Waals surface area contributed by atoms with Gasteiger partial charge in [0.25, 0.3) is 0 Å². The first kappa shape index (κ1) is 13.7. The fraction of sp³-hybridized carbons (Fsp3) is 0.385. The number of ether oxygens (including phenoxy) is 1. The van der Waals surface area contributed by atoms with Gasteiger partial charge in [0.05, 0.1) is 24.7 Å². The molecule has 0 spiro atoms. The number of halogens is 1. The van der Waals surface area contributed by atoms with Crippen LogP contribution >= 0.6 is 15.9 Å². The van der Waals surface area contributed by atoms with E-state index < -0.39 is 0 Å². The fourth-order valence-corrected chi connectivity index (χ4v) is 2.05. The van der Waals surface area contributed by atoms with Crippen molar-refractivity contribution in [1.82, 2.24) is 0 Å². The first-order chi connectivity index (χ1) is 8.12. The van der Waals surface area contributed by atoms with E-state index in [9.17, 15) is 4.79 Å². The van der Waals surface area contributed by atoms with Gasteiger partial charge in [0, 0.05) is 5.33 Å². The number of nitriles is 1. The molecule has 0 bridgehead atoms. The molecule has 90 valence electrons. The van der Waals surface area contributed by atoms with Crippen LogP contribution in [0.4, 0.5) is 0 Å². The van der Waals surface area contributed by atoms with Gasteiger partial charge in [0.2, 0.25) is 0 Å². The Morgan fingerprint density at radius 2 is 2.18 bits per heavy atom. The lowest BCUT2D eigenvalue weighted by molar-refractivity contribution is -0.142. The molecule has 1 rings (SSSR count). The summed E-state index contributed by atoms with van der Waals surface area (Å²) in [5, 5.41) is 9.65. The Balaban J connectivity index is 3.01. The third-order valence-corrected chi connectivity index (χ3v) is 3.07. The van der Waals surface area contributed by atoms with Crippen LogP contribution in [-0.2, 0) is 21.3 Å². The van der Waals surface area contributed by atoms with Gasteiger partial charge in [-0.1, -0.05) is 22.0 Å². The molecule has 0 atom stereocenters. The van der Waals surface area contributed by atoms with E-state index in [1.54, 1.807) is 13.0 Å². The Kier molecular flexibility index (Phi) is 5.17. The van der Waals surface area contributed by atoms with Crippen LogP contribution < -0.4 is 0 Å². The van der Waals surface area contributed by atoms with Gasteiger partial charge in [0.1, 0.15) is 0 Å². The largest absolute Gasteiger partial charge is 0.466 e. The maximum Gasteiger partial charge on any atom is 0.310 e. The number of esters is 1. The molecule has 0 radical (unpaired) electrons. The van der Waals surface area contributed by atoms with Crippen LogP contribution in [0, 0.1) is 18.3 Å². The average molecular weight is 296 g/mol. The summed E-state index contributed by atoms with van der Waals surface area (Å²) in [6, 6.07) is 5.84. The molecular weight excluding hydrogens is 282 g/mol. The van der Waals surface area contributed by atoms with E-state index >= 15 is 0 Å². The van der Waals surface area contributed by atoms with E-state index in [1.807, 2.05) is 13.0 Å². The first-order valence-corrected chi connectivity index (χ1v) is 6.48. The summed E-state index contributed by atoms with van der Waals surface area (Å²) >= 11 is 3.34. The third-order valence-electron chi connectivity index (χ3n) is 2.47. The van der Waals surface area contributed by atoms with Gasteiger partial charge in [-0.2, -0.15) is 5.26 Å². The van der Waals surface area contributed by atoms with Gasteiger partial charge < -0.3 is 4.74 Å². The lowest BCUT2D eigenvalue weighted by Gasteiger charge is -2.09. The maximum absolute atomic E-state index is 11.4. The quantitative estimate of drug-likeness (QED) is 0.634. The van der Waals surface area contributed by atoms with Gasteiger partial charge in [0.15, 0.2) is 0 Å². The van der Waals surface area contributed by atoms with Crippen LogP contribution in [0.25, 0.3) is 0 Å². The predicted molar refractivity (Wildman–Crippen MR) is 68.9 cm³/mol. The monoisotopic (exact) mass is 295 g/mol. The van der Waals surface area contributed by atoms with E-state index in [1.165, 1.54) is 0 Å². The van der Waals surface area contributed by atoms with Crippen molar-refractivity contribution < 1.29 is 9.53 Å². The second kappa shape index (κ2) is 6.41. The molecule has 0 saturated heterocycles. The van der Waals surface area contributed by atoms with Crippen molar-refractivity contribution in [2.45, 2.75) is 25.6 Å². The van der Waals surface area contributed by atoms with Crippen LogP contribution in [0.3, 0.4) is 0 Å². The summed E-state index contributed by atoms with van der Waals surface area (Å²) in [5.41, 5.74) is 3.40. The molecule has 0 fully saturated rings. The Bertz CT molecular complexity index is 463. The molecule has 17 heavy (non-hydrogen) atoms. The predicted octanol–water partition coefficient (Wildman–Crippen LogP) is 2.87. The van der Waals surface area contributed by atoms with Gasteiger partial charge in [-0.15, -0.1) is 0 Å². The van der Waals surface area contributed by atoms with E-state index in [4.69, 9.17) is 10.00 Å². The van der Waals surface area contributed by atoms with Crippen molar-refractivity contribution in [1.29, 1.82) is 5.26 Å². The summed E-state index contributed by atoms with van der Waals surface area (Å²) in [4.78, 5) is 11.4. The second-order valence-electron chi connectivity index (χ2n) is 3.66. The van der Waals surface area contributed by atoms with Crippen LogP contribution in [-0.4, -0.2) is 12.6 Å². The molecule has 0 aliphatic heterocycles. The van der Waals surface area contributed by atoms with E-state index in [0.29, 0.717) is 17.5 Å². The summed E-state index contributed by atoms with van der Waals surface area (Å²) in [6.07, 6.45) is 0.219. The zero-order chi connectivity index (χ0) is 12.8. The number of rotatable bonds is 4. The SMILES string of the molecule is CCOC(=O)Cc1cc(C#N)c(CBr)cc1C. The van der Waals surface area contributed by atoms with Crippen molar-refractivity contribution in [3.05, 3.63) is 34.4 Å². The van der Waals surface area contributed by atoms with Crippen LogP contribution in [0.1, 0.15) is 29.2 Å². The molecule has 1 aromatic rings. The normalized spacial score (nSPS) is 9.76. The molecule has 0 heterocycles. The van der Waals surface area contributed by atoms with Crippen LogP contribution in [0.5, 0.6) is 0 Å². The topological polar surface area (TPSA) is 50.1 Å². The van der Waals surface area contributed by atoms with Crippen molar-refractivity contribution in [2.24, 2.45) is 0 Å². The molecular formula is C13H14BrNO2. The molecule has 0 amide bonds. The minimum absolute atomic E-state index is 0.219. The standard InChI is InChI=1S/C13H14BrNO2/c1-3-17-13(16)6-10-5-12(8-15)11(7-14)4-9(10)2/h4-5H,3,6-7H2,1-2H3. The Hall–Kier alpha value is -1.34. The Morgan fingerprint density at radius 1 is 1.47 bits per heavy atom. The summed E-state index contributed by atoms with van der Waals surface area (Å²) in [7, 11) is 0. The molecule has 3 nitrogen and oxygen atoms in total. The molecule has 0 aliphatic carbocycles. The Morgan fingerprint density at radius 3 is 2.71 bits per heavy atom. The van der Waals surface area contributed by atoms with Crippen molar-refractivity contribution in [3.8, 4) is 6.07 Å². The molecule has 0 N–H and O–H groups in total. The average Bonchev–Trinajstić information content (AvgIpc) is 2.31.